The molecule has 126 valence electrons. The molecule has 2 aromatic carbocycles. The molecule has 0 saturated carbocycles. The van der Waals surface area contributed by atoms with Crippen molar-refractivity contribution in [3.05, 3.63) is 72.1 Å². The average molecular weight is 333 g/mol. The molecule has 0 aliphatic carbocycles. The molecule has 2 aromatic heterocycles. The van der Waals surface area contributed by atoms with Crippen LogP contribution in [0, 0.1) is 0 Å². The average Bonchev–Trinajstić information content (AvgIpc) is 3.31. The summed E-state index contributed by atoms with van der Waals surface area (Å²) in [6, 6.07) is 14.8. The van der Waals surface area contributed by atoms with Crippen molar-refractivity contribution in [2.75, 3.05) is 0 Å². The topological polar surface area (TPSA) is 69.6 Å². The second kappa shape index (κ2) is 6.12. The van der Waals surface area contributed by atoms with Gasteiger partial charge in [0.2, 0.25) is 5.89 Å². The van der Waals surface area contributed by atoms with Crippen molar-refractivity contribution in [1.29, 1.82) is 0 Å². The summed E-state index contributed by atoms with van der Waals surface area (Å²) in [6.07, 6.45) is 4.10. The molecule has 4 rings (SSSR count). The van der Waals surface area contributed by atoms with Crippen LogP contribution in [-0.2, 0) is 18.4 Å². The highest BCUT2D eigenvalue weighted by Crippen LogP contribution is 2.31. The molecule has 0 saturated heterocycles. The van der Waals surface area contributed by atoms with Crippen LogP contribution in [0.15, 0.2) is 59.4 Å². The molecular formula is C19H19N5O. The number of aryl methyl sites for hydroxylation is 2. The Kier molecular flexibility index (Phi) is 3.80. The lowest BCUT2D eigenvalue weighted by Crippen LogP contribution is -2.20. The first-order chi connectivity index (χ1) is 12.1. The number of hydrogen-bond acceptors (Lipinski definition) is 5. The summed E-state index contributed by atoms with van der Waals surface area (Å²) < 4.78 is 7.18. The van der Waals surface area contributed by atoms with E-state index in [2.05, 4.69) is 70.7 Å². The number of benzene rings is 2. The molecule has 0 aliphatic rings. The van der Waals surface area contributed by atoms with Crippen LogP contribution in [0.1, 0.15) is 31.1 Å². The van der Waals surface area contributed by atoms with Gasteiger partial charge in [-0.15, -0.1) is 5.10 Å². The molecule has 0 spiro atoms. The summed E-state index contributed by atoms with van der Waals surface area (Å²) in [6.45, 7) is 4.89. The van der Waals surface area contributed by atoms with Gasteiger partial charge in [-0.25, -0.2) is 0 Å². The van der Waals surface area contributed by atoms with Gasteiger partial charge in [-0.1, -0.05) is 52.8 Å². The van der Waals surface area contributed by atoms with Gasteiger partial charge in [-0.2, -0.15) is 4.98 Å². The SMILES string of the molecule is CC(C)(c1ccc2ccccc2c1)c1noc(CCn2ccnn2)n1. The molecule has 0 aliphatic heterocycles. The van der Waals surface area contributed by atoms with Gasteiger partial charge in [0.1, 0.15) is 0 Å². The van der Waals surface area contributed by atoms with E-state index in [1.807, 2.05) is 12.3 Å². The molecule has 0 fully saturated rings. The van der Waals surface area contributed by atoms with Gasteiger partial charge in [0.25, 0.3) is 0 Å². The van der Waals surface area contributed by atoms with Gasteiger partial charge in [-0.3, -0.25) is 4.68 Å². The summed E-state index contributed by atoms with van der Waals surface area (Å²) in [5.74, 6) is 1.30. The molecule has 0 N–H and O–H groups in total. The number of hydrogen-bond donors (Lipinski definition) is 0. The van der Waals surface area contributed by atoms with E-state index in [9.17, 15) is 0 Å². The zero-order chi connectivity index (χ0) is 17.3. The van der Waals surface area contributed by atoms with E-state index < -0.39 is 0 Å². The van der Waals surface area contributed by atoms with E-state index in [1.54, 1.807) is 10.9 Å². The number of aromatic nitrogens is 5. The number of rotatable bonds is 5. The van der Waals surface area contributed by atoms with E-state index >= 15 is 0 Å². The van der Waals surface area contributed by atoms with Gasteiger partial charge in [0, 0.05) is 12.6 Å². The quantitative estimate of drug-likeness (QED) is 0.560. The second-order valence-corrected chi connectivity index (χ2v) is 6.61. The lowest BCUT2D eigenvalue weighted by atomic mass is 9.83. The van der Waals surface area contributed by atoms with E-state index in [0.29, 0.717) is 24.7 Å². The van der Waals surface area contributed by atoms with Crippen LogP contribution in [0.2, 0.25) is 0 Å². The van der Waals surface area contributed by atoms with Crippen LogP contribution >= 0.6 is 0 Å². The summed E-state index contributed by atoms with van der Waals surface area (Å²) in [5.41, 5.74) is 0.828. The summed E-state index contributed by atoms with van der Waals surface area (Å²) in [7, 11) is 0. The van der Waals surface area contributed by atoms with Crippen molar-refractivity contribution in [3.8, 4) is 0 Å². The first kappa shape index (κ1) is 15.5. The van der Waals surface area contributed by atoms with E-state index in [1.165, 1.54) is 10.8 Å². The van der Waals surface area contributed by atoms with Gasteiger partial charge in [0.15, 0.2) is 5.82 Å². The highest BCUT2D eigenvalue weighted by atomic mass is 16.5. The van der Waals surface area contributed by atoms with Gasteiger partial charge in [0.05, 0.1) is 18.2 Å². The van der Waals surface area contributed by atoms with Gasteiger partial charge in [-0.05, 0) is 30.2 Å². The summed E-state index contributed by atoms with van der Waals surface area (Å²) >= 11 is 0. The fraction of sp³-hybridized carbons (Fsp3) is 0.263. The Morgan fingerprint density at radius 3 is 2.72 bits per heavy atom. The van der Waals surface area contributed by atoms with Crippen molar-refractivity contribution < 1.29 is 4.52 Å². The second-order valence-electron chi connectivity index (χ2n) is 6.61. The normalized spacial score (nSPS) is 11.9. The molecule has 0 radical (unpaired) electrons. The molecule has 4 aromatic rings. The Hall–Kier alpha value is -3.02. The van der Waals surface area contributed by atoms with E-state index in [-0.39, 0.29) is 5.41 Å². The van der Waals surface area contributed by atoms with Crippen molar-refractivity contribution in [2.24, 2.45) is 0 Å². The predicted molar refractivity (Wildman–Crippen MR) is 94.1 cm³/mol. The zero-order valence-corrected chi connectivity index (χ0v) is 14.3. The third-order valence-electron chi connectivity index (χ3n) is 4.52. The molecule has 0 bridgehead atoms. The minimum Gasteiger partial charge on any atom is -0.339 e. The summed E-state index contributed by atoms with van der Waals surface area (Å²) in [5, 5.41) is 14.4. The lowest BCUT2D eigenvalue weighted by Gasteiger charge is -2.21. The molecule has 6 nitrogen and oxygen atoms in total. The van der Waals surface area contributed by atoms with Crippen LogP contribution in [0.3, 0.4) is 0 Å². The Bertz CT molecular complexity index is 988. The van der Waals surface area contributed by atoms with Crippen LogP contribution in [0.4, 0.5) is 0 Å². The highest BCUT2D eigenvalue weighted by molar-refractivity contribution is 5.83. The van der Waals surface area contributed by atoms with Gasteiger partial charge >= 0.3 is 0 Å². The molecule has 6 heteroatoms. The van der Waals surface area contributed by atoms with Crippen LogP contribution in [-0.4, -0.2) is 25.1 Å². The molecule has 2 heterocycles. The maximum absolute atomic E-state index is 5.44. The Morgan fingerprint density at radius 1 is 1.08 bits per heavy atom. The Morgan fingerprint density at radius 2 is 1.92 bits per heavy atom. The van der Waals surface area contributed by atoms with Crippen LogP contribution < -0.4 is 0 Å². The predicted octanol–water partition coefficient (Wildman–Crippen LogP) is 3.38. The van der Waals surface area contributed by atoms with E-state index in [4.69, 9.17) is 4.52 Å². The summed E-state index contributed by atoms with van der Waals surface area (Å²) in [4.78, 5) is 4.60. The standard InChI is InChI=1S/C19H19N5O/c1-19(2,16-8-7-14-5-3-4-6-15(14)13-16)18-21-17(25-22-18)9-11-24-12-10-20-23-24/h3-8,10,12-13H,9,11H2,1-2H3. The number of nitrogens with zero attached hydrogens (tertiary/aromatic N) is 5. The third kappa shape index (κ3) is 3.03. The van der Waals surface area contributed by atoms with Crippen molar-refractivity contribution >= 4 is 10.8 Å². The monoisotopic (exact) mass is 333 g/mol. The van der Waals surface area contributed by atoms with Crippen LogP contribution in [0.5, 0.6) is 0 Å². The number of fused-ring (bicyclic) bond motifs is 1. The fourth-order valence-electron chi connectivity index (χ4n) is 2.88. The molecule has 0 unspecified atom stereocenters. The lowest BCUT2D eigenvalue weighted by molar-refractivity contribution is 0.357. The minimum absolute atomic E-state index is 0.334. The molecular weight excluding hydrogens is 314 g/mol. The van der Waals surface area contributed by atoms with Crippen LogP contribution in [0.25, 0.3) is 10.8 Å². The smallest absolute Gasteiger partial charge is 0.228 e. The fourth-order valence-corrected chi connectivity index (χ4v) is 2.88. The third-order valence-corrected chi connectivity index (χ3v) is 4.52. The van der Waals surface area contributed by atoms with Crippen molar-refractivity contribution in [2.45, 2.75) is 32.2 Å². The highest BCUT2D eigenvalue weighted by Gasteiger charge is 2.29. The minimum atomic E-state index is -0.334. The Balaban J connectivity index is 1.58. The Labute approximate surface area is 145 Å². The van der Waals surface area contributed by atoms with Crippen molar-refractivity contribution in [3.63, 3.8) is 0 Å². The molecule has 25 heavy (non-hydrogen) atoms. The zero-order valence-electron chi connectivity index (χ0n) is 14.3. The molecule has 0 atom stereocenters. The van der Waals surface area contributed by atoms with Gasteiger partial charge < -0.3 is 4.52 Å². The first-order valence-electron chi connectivity index (χ1n) is 8.29. The largest absolute Gasteiger partial charge is 0.339 e. The molecule has 0 amide bonds. The maximum atomic E-state index is 5.44. The van der Waals surface area contributed by atoms with E-state index in [0.717, 1.165) is 5.56 Å². The van der Waals surface area contributed by atoms with Crippen molar-refractivity contribution in [1.82, 2.24) is 25.1 Å². The maximum Gasteiger partial charge on any atom is 0.228 e. The first-order valence-corrected chi connectivity index (χ1v) is 8.29.